The molecule has 0 spiro atoms. The van der Waals surface area contributed by atoms with Crippen LogP contribution in [0, 0.1) is 0 Å². The third-order valence-electron chi connectivity index (χ3n) is 5.20. The van der Waals surface area contributed by atoms with Gasteiger partial charge < -0.3 is 10.1 Å². The predicted molar refractivity (Wildman–Crippen MR) is 126 cm³/mol. The minimum Gasteiger partial charge on any atom is -0.495 e. The standard InChI is InChI=1S/C25H24N2O3S/c1-30-22-14-8-7-13-21(22)27-24(29)17-31-25(27)19-11-5-6-12-20(19)26-23(28)16-15-18-9-3-2-4-10-18/h2-14,25H,15-17H2,1H3,(H,26,28)/t25-/m1/s1. The number of methoxy groups -OCH3 is 1. The highest BCUT2D eigenvalue weighted by Crippen LogP contribution is 2.46. The lowest BCUT2D eigenvalue weighted by Gasteiger charge is -2.27. The Morgan fingerprint density at radius 3 is 2.55 bits per heavy atom. The van der Waals surface area contributed by atoms with E-state index in [2.05, 4.69) is 5.32 Å². The molecular weight excluding hydrogens is 408 g/mol. The molecule has 1 aliphatic rings. The van der Waals surface area contributed by atoms with Gasteiger partial charge in [-0.2, -0.15) is 0 Å². The molecule has 3 aromatic rings. The van der Waals surface area contributed by atoms with Gasteiger partial charge in [0, 0.05) is 17.7 Å². The fourth-order valence-corrected chi connectivity index (χ4v) is 4.89. The van der Waals surface area contributed by atoms with E-state index in [1.165, 1.54) is 0 Å². The van der Waals surface area contributed by atoms with Crippen LogP contribution >= 0.6 is 11.8 Å². The minimum absolute atomic E-state index is 0.0182. The molecule has 1 fully saturated rings. The van der Waals surface area contributed by atoms with Gasteiger partial charge in [0.05, 0.1) is 18.6 Å². The smallest absolute Gasteiger partial charge is 0.238 e. The zero-order chi connectivity index (χ0) is 21.6. The number of thioether (sulfide) groups is 1. The van der Waals surface area contributed by atoms with Gasteiger partial charge >= 0.3 is 0 Å². The number of benzene rings is 3. The summed E-state index contributed by atoms with van der Waals surface area (Å²) < 4.78 is 5.49. The normalized spacial score (nSPS) is 15.7. The van der Waals surface area contributed by atoms with Gasteiger partial charge in [0.2, 0.25) is 11.8 Å². The summed E-state index contributed by atoms with van der Waals surface area (Å²) in [7, 11) is 1.60. The van der Waals surface area contributed by atoms with Crippen molar-refractivity contribution in [3.63, 3.8) is 0 Å². The van der Waals surface area contributed by atoms with Crippen LogP contribution < -0.4 is 15.0 Å². The molecule has 1 heterocycles. The number of aryl methyl sites for hydroxylation is 1. The lowest BCUT2D eigenvalue weighted by molar-refractivity contribution is -0.116. The summed E-state index contributed by atoms with van der Waals surface area (Å²) in [4.78, 5) is 27.2. The Kier molecular flexibility index (Phi) is 6.57. The second-order valence-corrected chi connectivity index (χ2v) is 8.29. The first-order valence-corrected chi connectivity index (χ1v) is 11.2. The summed E-state index contributed by atoms with van der Waals surface area (Å²) in [5, 5.41) is 2.81. The van der Waals surface area contributed by atoms with Crippen molar-refractivity contribution in [3.05, 3.63) is 90.0 Å². The summed E-state index contributed by atoms with van der Waals surface area (Å²) in [5.41, 5.74) is 3.49. The van der Waals surface area contributed by atoms with Gasteiger partial charge in [0.25, 0.3) is 0 Å². The van der Waals surface area contributed by atoms with Crippen LogP contribution in [-0.2, 0) is 16.0 Å². The van der Waals surface area contributed by atoms with Crippen molar-refractivity contribution in [2.75, 3.05) is 23.1 Å². The van der Waals surface area contributed by atoms with Gasteiger partial charge in [-0.25, -0.2) is 0 Å². The molecule has 0 unspecified atom stereocenters. The lowest BCUT2D eigenvalue weighted by Crippen LogP contribution is -2.29. The Balaban J connectivity index is 1.56. The first kappa shape index (κ1) is 21.0. The van der Waals surface area contributed by atoms with Crippen LogP contribution in [0.1, 0.15) is 22.9 Å². The number of nitrogens with one attached hydrogen (secondary N) is 1. The number of amides is 2. The Morgan fingerprint density at radius 1 is 1.03 bits per heavy atom. The number of rotatable bonds is 7. The van der Waals surface area contributed by atoms with Crippen LogP contribution in [0.4, 0.5) is 11.4 Å². The molecular formula is C25H24N2O3S. The van der Waals surface area contributed by atoms with Crippen molar-refractivity contribution >= 4 is 35.0 Å². The van der Waals surface area contributed by atoms with E-state index in [4.69, 9.17) is 4.74 Å². The molecule has 158 valence electrons. The third-order valence-corrected chi connectivity index (χ3v) is 6.39. The van der Waals surface area contributed by atoms with Gasteiger partial charge in [-0.05, 0) is 30.2 Å². The molecule has 1 saturated heterocycles. The molecule has 5 nitrogen and oxygen atoms in total. The Morgan fingerprint density at radius 2 is 1.74 bits per heavy atom. The number of nitrogens with zero attached hydrogens (tertiary/aromatic N) is 1. The molecule has 1 aliphatic heterocycles. The van der Waals surface area contributed by atoms with E-state index < -0.39 is 0 Å². The molecule has 1 atom stereocenters. The van der Waals surface area contributed by atoms with Crippen LogP contribution in [0.5, 0.6) is 5.75 Å². The number of anilines is 2. The molecule has 2 amide bonds. The highest BCUT2D eigenvalue weighted by molar-refractivity contribution is 8.00. The lowest BCUT2D eigenvalue weighted by atomic mass is 10.1. The zero-order valence-corrected chi connectivity index (χ0v) is 18.1. The van der Waals surface area contributed by atoms with E-state index >= 15 is 0 Å². The summed E-state index contributed by atoms with van der Waals surface area (Å²) in [6.07, 6.45) is 1.07. The number of carbonyl (C=O) groups is 2. The van der Waals surface area contributed by atoms with Gasteiger partial charge in [0.1, 0.15) is 11.1 Å². The number of carbonyl (C=O) groups excluding carboxylic acids is 2. The maximum absolute atomic E-state index is 12.8. The first-order chi connectivity index (χ1) is 15.2. The zero-order valence-electron chi connectivity index (χ0n) is 17.3. The molecule has 0 saturated carbocycles. The van der Waals surface area contributed by atoms with Crippen molar-refractivity contribution in [1.82, 2.24) is 0 Å². The monoisotopic (exact) mass is 432 g/mol. The highest BCUT2D eigenvalue weighted by atomic mass is 32.2. The molecule has 0 aromatic heterocycles. The molecule has 4 rings (SSSR count). The summed E-state index contributed by atoms with van der Waals surface area (Å²) >= 11 is 1.55. The van der Waals surface area contributed by atoms with Gasteiger partial charge in [-0.1, -0.05) is 60.7 Å². The topological polar surface area (TPSA) is 58.6 Å². The van der Waals surface area contributed by atoms with Gasteiger partial charge in [0.15, 0.2) is 0 Å². The van der Waals surface area contributed by atoms with Crippen molar-refractivity contribution in [2.45, 2.75) is 18.2 Å². The third kappa shape index (κ3) is 4.75. The molecule has 31 heavy (non-hydrogen) atoms. The average molecular weight is 433 g/mol. The second-order valence-electron chi connectivity index (χ2n) is 7.22. The number of hydrogen-bond acceptors (Lipinski definition) is 4. The van der Waals surface area contributed by atoms with Crippen molar-refractivity contribution in [1.29, 1.82) is 0 Å². The average Bonchev–Trinajstić information content (AvgIpc) is 3.19. The molecule has 3 aromatic carbocycles. The van der Waals surface area contributed by atoms with Crippen LogP contribution in [0.2, 0.25) is 0 Å². The molecule has 0 bridgehead atoms. The fraction of sp³-hybridized carbons (Fsp3) is 0.200. The summed E-state index contributed by atoms with van der Waals surface area (Å²) in [5.74, 6) is 0.992. The van der Waals surface area contributed by atoms with Crippen molar-refractivity contribution < 1.29 is 14.3 Å². The molecule has 6 heteroatoms. The summed E-state index contributed by atoms with van der Waals surface area (Å²) in [6, 6.07) is 25.1. The maximum Gasteiger partial charge on any atom is 0.238 e. The largest absolute Gasteiger partial charge is 0.495 e. The van der Waals surface area contributed by atoms with Gasteiger partial charge in [-0.3, -0.25) is 14.5 Å². The Bertz CT molecular complexity index is 1070. The van der Waals surface area contributed by atoms with Crippen molar-refractivity contribution in [3.8, 4) is 5.75 Å². The highest BCUT2D eigenvalue weighted by Gasteiger charge is 2.36. The molecule has 0 radical (unpaired) electrons. The SMILES string of the molecule is COc1ccccc1N1C(=O)CS[C@@H]1c1ccccc1NC(=O)CCc1ccccc1. The van der Waals surface area contributed by atoms with E-state index in [1.54, 1.807) is 23.8 Å². The number of hydrogen-bond donors (Lipinski definition) is 1. The maximum atomic E-state index is 12.8. The van der Waals surface area contributed by atoms with Crippen LogP contribution in [0.15, 0.2) is 78.9 Å². The predicted octanol–water partition coefficient (Wildman–Crippen LogP) is 5.05. The first-order valence-electron chi connectivity index (χ1n) is 10.2. The van der Waals surface area contributed by atoms with E-state index in [9.17, 15) is 9.59 Å². The quantitative estimate of drug-likeness (QED) is 0.568. The fourth-order valence-electron chi connectivity index (χ4n) is 3.68. The van der Waals surface area contributed by atoms with Crippen LogP contribution in [-0.4, -0.2) is 24.7 Å². The molecule has 0 aliphatic carbocycles. The number of ether oxygens (including phenoxy) is 1. The van der Waals surface area contributed by atoms with Gasteiger partial charge in [-0.15, -0.1) is 11.8 Å². The Labute approximate surface area is 186 Å². The number of para-hydroxylation sites is 3. The van der Waals surface area contributed by atoms with E-state index in [0.29, 0.717) is 24.3 Å². The van der Waals surface area contributed by atoms with E-state index in [0.717, 1.165) is 22.5 Å². The van der Waals surface area contributed by atoms with E-state index in [-0.39, 0.29) is 17.2 Å². The second kappa shape index (κ2) is 9.71. The van der Waals surface area contributed by atoms with Crippen molar-refractivity contribution in [2.24, 2.45) is 0 Å². The Hall–Kier alpha value is -3.25. The van der Waals surface area contributed by atoms with Crippen LogP contribution in [0.25, 0.3) is 0 Å². The summed E-state index contributed by atoms with van der Waals surface area (Å²) in [6.45, 7) is 0. The van der Waals surface area contributed by atoms with E-state index in [1.807, 2.05) is 78.9 Å². The minimum atomic E-state index is -0.241. The molecule has 1 N–H and O–H groups in total. The van der Waals surface area contributed by atoms with Crippen LogP contribution in [0.3, 0.4) is 0 Å².